The van der Waals surface area contributed by atoms with Crippen LogP contribution in [-0.2, 0) is 30.7 Å². The molecule has 0 fully saturated rings. The van der Waals surface area contributed by atoms with Crippen LogP contribution in [0.4, 0.5) is 5.69 Å². The van der Waals surface area contributed by atoms with E-state index in [0.717, 1.165) is 5.56 Å². The van der Waals surface area contributed by atoms with Gasteiger partial charge in [0.25, 0.3) is 0 Å². The van der Waals surface area contributed by atoms with Crippen molar-refractivity contribution >= 4 is 49.5 Å². The maximum atomic E-state index is 13.3. The number of benzene rings is 3. The van der Waals surface area contributed by atoms with Crippen LogP contribution in [0.5, 0.6) is 0 Å². The molecule has 0 spiro atoms. The number of halogens is 1. The maximum Gasteiger partial charge on any atom is 0.337 e. The minimum atomic E-state index is -4.06. The number of anilines is 1. The van der Waals surface area contributed by atoms with Gasteiger partial charge in [0.1, 0.15) is 6.04 Å². The first kappa shape index (κ1) is 27.1. The SMILES string of the molecule is COC(=O)c1cc(NC(=O)[C@H](Cc2ccccc2)NS(=O)(=O)c2ccc(Br)cc2)cc(C(=O)OC)c1. The molecule has 0 radical (unpaired) electrons. The number of esters is 2. The number of amides is 1. The molecule has 0 saturated carbocycles. The second kappa shape index (κ2) is 11.9. The van der Waals surface area contributed by atoms with Gasteiger partial charge in [-0.25, -0.2) is 18.0 Å². The molecule has 0 aliphatic heterocycles. The number of carbonyl (C=O) groups is 3. The third-order valence-electron chi connectivity index (χ3n) is 5.06. The van der Waals surface area contributed by atoms with Crippen molar-refractivity contribution in [3.05, 3.63) is 94.0 Å². The fourth-order valence-electron chi connectivity index (χ4n) is 3.31. The highest BCUT2D eigenvalue weighted by atomic mass is 79.9. The highest BCUT2D eigenvalue weighted by molar-refractivity contribution is 9.10. The van der Waals surface area contributed by atoms with Crippen molar-refractivity contribution in [1.29, 1.82) is 0 Å². The molecule has 3 aromatic rings. The Labute approximate surface area is 217 Å². The molecular formula is C25H23BrN2O7S. The number of ether oxygens (including phenoxy) is 2. The summed E-state index contributed by atoms with van der Waals surface area (Å²) in [4.78, 5) is 37.4. The van der Waals surface area contributed by atoms with Crippen LogP contribution < -0.4 is 10.0 Å². The fraction of sp³-hybridized carbons (Fsp3) is 0.160. The van der Waals surface area contributed by atoms with Gasteiger partial charge in [0.2, 0.25) is 15.9 Å². The molecule has 9 nitrogen and oxygen atoms in total. The van der Waals surface area contributed by atoms with Crippen molar-refractivity contribution in [2.75, 3.05) is 19.5 Å². The molecule has 11 heteroatoms. The van der Waals surface area contributed by atoms with E-state index in [-0.39, 0.29) is 28.1 Å². The summed E-state index contributed by atoms with van der Waals surface area (Å²) in [7, 11) is -1.71. The summed E-state index contributed by atoms with van der Waals surface area (Å²) >= 11 is 3.26. The highest BCUT2D eigenvalue weighted by Crippen LogP contribution is 2.19. The monoisotopic (exact) mass is 574 g/mol. The Morgan fingerprint density at radius 2 is 1.42 bits per heavy atom. The van der Waals surface area contributed by atoms with Crippen LogP contribution in [0.15, 0.2) is 82.2 Å². The predicted octanol–water partition coefficient (Wildman–Crippen LogP) is 3.55. The lowest BCUT2D eigenvalue weighted by Crippen LogP contribution is -2.45. The summed E-state index contributed by atoms with van der Waals surface area (Å²) in [5.74, 6) is -2.15. The van der Waals surface area contributed by atoms with Crippen molar-refractivity contribution in [2.45, 2.75) is 17.4 Å². The lowest BCUT2D eigenvalue weighted by Gasteiger charge is -2.19. The topological polar surface area (TPSA) is 128 Å². The first-order valence-electron chi connectivity index (χ1n) is 10.6. The lowest BCUT2D eigenvalue weighted by molar-refractivity contribution is -0.117. The largest absolute Gasteiger partial charge is 0.465 e. The van der Waals surface area contributed by atoms with Gasteiger partial charge in [0.15, 0.2) is 0 Å². The number of methoxy groups -OCH3 is 2. The van der Waals surface area contributed by atoms with Gasteiger partial charge in [-0.2, -0.15) is 4.72 Å². The van der Waals surface area contributed by atoms with Crippen molar-refractivity contribution in [2.24, 2.45) is 0 Å². The van der Waals surface area contributed by atoms with Crippen molar-refractivity contribution < 1.29 is 32.3 Å². The first-order chi connectivity index (χ1) is 17.1. The minimum Gasteiger partial charge on any atom is -0.465 e. The van der Waals surface area contributed by atoms with Gasteiger partial charge in [-0.05, 0) is 54.4 Å². The van der Waals surface area contributed by atoms with E-state index in [4.69, 9.17) is 9.47 Å². The fourth-order valence-corrected chi connectivity index (χ4v) is 4.77. The van der Waals surface area contributed by atoms with E-state index >= 15 is 0 Å². The Hall–Kier alpha value is -3.54. The second-order valence-corrected chi connectivity index (χ2v) is 10.2. The number of sulfonamides is 1. The van der Waals surface area contributed by atoms with Gasteiger partial charge in [-0.15, -0.1) is 0 Å². The molecule has 0 unspecified atom stereocenters. The van der Waals surface area contributed by atoms with Gasteiger partial charge < -0.3 is 14.8 Å². The van der Waals surface area contributed by atoms with Crippen LogP contribution in [-0.4, -0.2) is 46.5 Å². The molecule has 0 aromatic heterocycles. The summed E-state index contributed by atoms with van der Waals surface area (Å²) in [5.41, 5.74) is 0.815. The average molecular weight is 575 g/mol. The van der Waals surface area contributed by atoms with Crippen molar-refractivity contribution in [3.8, 4) is 0 Å². The molecule has 0 saturated heterocycles. The predicted molar refractivity (Wildman–Crippen MR) is 136 cm³/mol. The van der Waals surface area contributed by atoms with Gasteiger partial charge in [0.05, 0.1) is 30.2 Å². The number of carbonyl (C=O) groups excluding carboxylic acids is 3. The Kier molecular flexibility index (Phi) is 8.97. The average Bonchev–Trinajstić information content (AvgIpc) is 2.87. The summed E-state index contributed by atoms with van der Waals surface area (Å²) in [6, 6.07) is 17.5. The molecule has 3 aromatic carbocycles. The zero-order valence-electron chi connectivity index (χ0n) is 19.4. The summed E-state index contributed by atoms with van der Waals surface area (Å²) in [6.45, 7) is 0. The number of hydrogen-bond acceptors (Lipinski definition) is 7. The van der Waals surface area contributed by atoms with E-state index in [1.807, 2.05) is 0 Å². The van der Waals surface area contributed by atoms with E-state index in [2.05, 4.69) is 26.0 Å². The standard InChI is InChI=1S/C25H23BrN2O7S/c1-34-24(30)17-13-18(25(31)35-2)15-20(14-17)27-23(29)22(12-16-6-4-3-5-7-16)28-36(32,33)21-10-8-19(26)9-11-21/h3-11,13-15,22,28H,12H2,1-2H3,(H,27,29)/t22-/m0/s1. The first-order valence-corrected chi connectivity index (χ1v) is 12.8. The smallest absolute Gasteiger partial charge is 0.337 e. The number of rotatable bonds is 9. The molecule has 0 heterocycles. The van der Waals surface area contributed by atoms with Crippen LogP contribution in [0.1, 0.15) is 26.3 Å². The van der Waals surface area contributed by atoms with Crippen molar-refractivity contribution in [3.63, 3.8) is 0 Å². The zero-order chi connectivity index (χ0) is 26.3. The molecule has 0 bridgehead atoms. The Morgan fingerprint density at radius 1 is 0.861 bits per heavy atom. The molecule has 188 valence electrons. The Balaban J connectivity index is 1.94. The molecule has 36 heavy (non-hydrogen) atoms. The van der Waals surface area contributed by atoms with E-state index < -0.39 is 33.9 Å². The third-order valence-corrected chi connectivity index (χ3v) is 7.08. The normalized spacial score (nSPS) is 11.9. The summed E-state index contributed by atoms with van der Waals surface area (Å²) in [6.07, 6.45) is 0.0446. The van der Waals surface area contributed by atoms with Crippen LogP contribution in [0.3, 0.4) is 0 Å². The van der Waals surface area contributed by atoms with Gasteiger partial charge in [0, 0.05) is 10.2 Å². The van der Waals surface area contributed by atoms with Crippen LogP contribution in [0.2, 0.25) is 0 Å². The third kappa shape index (κ3) is 7.00. The highest BCUT2D eigenvalue weighted by Gasteiger charge is 2.27. The molecule has 1 amide bonds. The maximum absolute atomic E-state index is 13.3. The van der Waals surface area contributed by atoms with Gasteiger partial charge in [-0.3, -0.25) is 4.79 Å². The quantitative estimate of drug-likeness (QED) is 0.374. The van der Waals surface area contributed by atoms with E-state index in [1.54, 1.807) is 42.5 Å². The molecule has 0 aliphatic rings. The van der Waals surface area contributed by atoms with Crippen LogP contribution in [0, 0.1) is 0 Å². The second-order valence-electron chi connectivity index (χ2n) is 7.59. The molecular weight excluding hydrogens is 552 g/mol. The van der Waals surface area contributed by atoms with Gasteiger partial charge in [-0.1, -0.05) is 46.3 Å². The van der Waals surface area contributed by atoms with Gasteiger partial charge >= 0.3 is 11.9 Å². The van der Waals surface area contributed by atoms with Crippen molar-refractivity contribution in [1.82, 2.24) is 4.72 Å². The van der Waals surface area contributed by atoms with E-state index in [0.29, 0.717) is 4.47 Å². The number of hydrogen-bond donors (Lipinski definition) is 2. The Bertz CT molecular complexity index is 1330. The molecule has 0 aliphatic carbocycles. The van der Waals surface area contributed by atoms with E-state index in [9.17, 15) is 22.8 Å². The number of nitrogens with one attached hydrogen (secondary N) is 2. The van der Waals surface area contributed by atoms with E-state index in [1.165, 1.54) is 44.6 Å². The van der Waals surface area contributed by atoms with Crippen LogP contribution in [0.25, 0.3) is 0 Å². The minimum absolute atomic E-state index is 0.00533. The Morgan fingerprint density at radius 3 is 1.94 bits per heavy atom. The molecule has 2 N–H and O–H groups in total. The molecule has 1 atom stereocenters. The summed E-state index contributed by atoms with van der Waals surface area (Å²) in [5, 5.41) is 2.60. The zero-order valence-corrected chi connectivity index (χ0v) is 21.8. The summed E-state index contributed by atoms with van der Waals surface area (Å²) < 4.78 is 38.7. The lowest BCUT2D eigenvalue weighted by atomic mass is 10.1. The van der Waals surface area contributed by atoms with Crippen LogP contribution >= 0.6 is 15.9 Å². The molecule has 3 rings (SSSR count).